The molecule has 3 heteroatoms. The van der Waals surface area contributed by atoms with Crippen LogP contribution in [0.15, 0.2) is 17.1 Å². The molecule has 1 unspecified atom stereocenters. The number of anilines is 1. The van der Waals surface area contributed by atoms with E-state index in [0.717, 1.165) is 31.0 Å². The Bertz CT molecular complexity index is 450. The van der Waals surface area contributed by atoms with Crippen molar-refractivity contribution in [2.75, 3.05) is 18.8 Å². The van der Waals surface area contributed by atoms with Gasteiger partial charge in [-0.25, -0.2) is 0 Å². The number of aryl methyl sites for hydroxylation is 2. The van der Waals surface area contributed by atoms with Crippen LogP contribution in [0, 0.1) is 19.8 Å². The van der Waals surface area contributed by atoms with E-state index in [9.17, 15) is 0 Å². The fourth-order valence-electron chi connectivity index (χ4n) is 2.41. The summed E-state index contributed by atoms with van der Waals surface area (Å²) in [5.41, 5.74) is 10.8. The maximum Gasteiger partial charge on any atom is 0.0996 e. The number of nitrogen functional groups attached to an aromatic ring is 1. The highest BCUT2D eigenvalue weighted by molar-refractivity contribution is 5.86. The Morgan fingerprint density at radius 1 is 1.32 bits per heavy atom. The third-order valence-electron chi connectivity index (χ3n) is 3.31. The average Bonchev–Trinajstić information content (AvgIpc) is 2.91. The number of nitrogens with two attached hydrogens (primary N) is 1. The van der Waals surface area contributed by atoms with Crippen molar-refractivity contribution >= 4 is 11.5 Å². The van der Waals surface area contributed by atoms with E-state index in [1.807, 2.05) is 13.8 Å². The number of aliphatic imine (C=N–C) groups is 1. The molecule has 19 heavy (non-hydrogen) atoms. The molecule has 3 N–H and O–H groups in total. The zero-order valence-corrected chi connectivity index (χ0v) is 12.9. The van der Waals surface area contributed by atoms with E-state index in [-0.39, 0.29) is 0 Å². The summed E-state index contributed by atoms with van der Waals surface area (Å²) in [7, 11) is 0. The van der Waals surface area contributed by atoms with Crippen LogP contribution < -0.4 is 11.1 Å². The summed E-state index contributed by atoms with van der Waals surface area (Å²) in [6.45, 7) is 12.3. The highest BCUT2D eigenvalue weighted by Crippen LogP contribution is 2.22. The number of nitrogens with zero attached hydrogens (tertiary/aromatic N) is 1. The molecule has 0 spiro atoms. The molecule has 1 atom stereocenters. The first kappa shape index (κ1) is 15.5. The van der Waals surface area contributed by atoms with E-state index in [0.29, 0.717) is 5.92 Å². The van der Waals surface area contributed by atoms with Gasteiger partial charge in [0.15, 0.2) is 0 Å². The number of rotatable bonds is 3. The minimum Gasteiger partial charge on any atom is -0.398 e. The van der Waals surface area contributed by atoms with Gasteiger partial charge in [0, 0.05) is 18.2 Å². The summed E-state index contributed by atoms with van der Waals surface area (Å²) < 4.78 is 0. The molecule has 3 nitrogen and oxygen atoms in total. The van der Waals surface area contributed by atoms with Crippen molar-refractivity contribution in [2.24, 2.45) is 10.9 Å². The third kappa shape index (κ3) is 3.98. The van der Waals surface area contributed by atoms with E-state index in [4.69, 9.17) is 5.73 Å². The Kier molecular flexibility index (Phi) is 5.87. The number of hydrogen-bond acceptors (Lipinski definition) is 3. The van der Waals surface area contributed by atoms with Crippen molar-refractivity contribution in [1.29, 1.82) is 0 Å². The maximum absolute atomic E-state index is 6.14. The van der Waals surface area contributed by atoms with Crippen molar-refractivity contribution in [1.82, 2.24) is 5.32 Å². The Morgan fingerprint density at radius 2 is 2.00 bits per heavy atom. The molecule has 106 valence electrons. The highest BCUT2D eigenvalue weighted by Gasteiger charge is 2.16. The lowest BCUT2D eigenvalue weighted by atomic mass is 9.95. The van der Waals surface area contributed by atoms with E-state index >= 15 is 0 Å². The summed E-state index contributed by atoms with van der Waals surface area (Å²) in [4.78, 5) is 4.47. The van der Waals surface area contributed by atoms with Crippen molar-refractivity contribution in [2.45, 2.75) is 41.0 Å². The lowest BCUT2D eigenvalue weighted by molar-refractivity contribution is 0.743. The molecule has 0 fully saturated rings. The van der Waals surface area contributed by atoms with Gasteiger partial charge in [0.1, 0.15) is 0 Å². The predicted octanol–water partition coefficient (Wildman–Crippen LogP) is 3.09. The van der Waals surface area contributed by atoms with Crippen LogP contribution >= 0.6 is 0 Å². The molecule has 1 aliphatic rings. The number of nitrogens with one attached hydrogen (secondary N) is 1. The third-order valence-corrected chi connectivity index (χ3v) is 3.31. The Balaban J connectivity index is 0.000000861. The number of benzene rings is 1. The second-order valence-electron chi connectivity index (χ2n) is 4.95. The maximum atomic E-state index is 6.14. The fourth-order valence-corrected chi connectivity index (χ4v) is 2.41. The first-order valence-electron chi connectivity index (χ1n) is 7.21. The Labute approximate surface area is 117 Å². The number of amidine groups is 1. The fraction of sp³-hybridized carbons (Fsp3) is 0.562. The molecule has 1 aromatic carbocycles. The minimum absolute atomic E-state index is 0.418. The van der Waals surface area contributed by atoms with Gasteiger partial charge in [-0.15, -0.1) is 0 Å². The first-order chi connectivity index (χ1) is 9.08. The van der Waals surface area contributed by atoms with Crippen molar-refractivity contribution in [3.63, 3.8) is 0 Å². The predicted molar refractivity (Wildman–Crippen MR) is 84.8 cm³/mol. The monoisotopic (exact) mass is 261 g/mol. The molecule has 1 aliphatic heterocycles. The minimum atomic E-state index is 0.418. The van der Waals surface area contributed by atoms with E-state index in [1.165, 1.54) is 16.7 Å². The second-order valence-corrected chi connectivity index (χ2v) is 4.95. The Morgan fingerprint density at radius 3 is 2.58 bits per heavy atom. The van der Waals surface area contributed by atoms with Gasteiger partial charge in [-0.3, -0.25) is 4.99 Å². The normalized spacial score (nSPS) is 15.1. The van der Waals surface area contributed by atoms with Crippen LogP contribution in [0.25, 0.3) is 0 Å². The zero-order chi connectivity index (χ0) is 14.4. The van der Waals surface area contributed by atoms with E-state index < -0.39 is 0 Å². The van der Waals surface area contributed by atoms with Gasteiger partial charge in [-0.05, 0) is 31.4 Å². The van der Waals surface area contributed by atoms with Crippen LogP contribution in [0.1, 0.15) is 37.5 Å². The van der Waals surface area contributed by atoms with Crippen LogP contribution in [0.4, 0.5) is 5.69 Å². The van der Waals surface area contributed by atoms with Crippen LogP contribution in [-0.2, 0) is 6.42 Å². The molecule has 0 bridgehead atoms. The molecule has 1 heterocycles. The summed E-state index contributed by atoms with van der Waals surface area (Å²) in [5.74, 6) is 1.55. The van der Waals surface area contributed by atoms with Crippen LogP contribution in [-0.4, -0.2) is 18.9 Å². The van der Waals surface area contributed by atoms with Crippen molar-refractivity contribution in [3.05, 3.63) is 28.8 Å². The largest absolute Gasteiger partial charge is 0.398 e. The molecule has 0 amide bonds. The van der Waals surface area contributed by atoms with Crippen molar-refractivity contribution in [3.8, 4) is 0 Å². The summed E-state index contributed by atoms with van der Waals surface area (Å²) in [6.07, 6.45) is 0.959. The average molecular weight is 261 g/mol. The van der Waals surface area contributed by atoms with Gasteiger partial charge >= 0.3 is 0 Å². The molecule has 2 rings (SSSR count). The molecule has 1 aromatic rings. The molecule has 0 aliphatic carbocycles. The standard InChI is InChI=1S/C14H21N3.C2H6/c1-9-6-10(2)13(15)12(7-9)8-11(3)14-16-4-5-17-14;1-2/h6-7,11H,4-5,8,15H2,1-3H3,(H,16,17);1-2H3. The van der Waals surface area contributed by atoms with Gasteiger partial charge in [0.25, 0.3) is 0 Å². The van der Waals surface area contributed by atoms with Gasteiger partial charge in [-0.1, -0.05) is 38.5 Å². The van der Waals surface area contributed by atoms with Crippen LogP contribution in [0.3, 0.4) is 0 Å². The zero-order valence-electron chi connectivity index (χ0n) is 12.9. The molecule has 0 radical (unpaired) electrons. The molecule has 0 aromatic heterocycles. The summed E-state index contributed by atoms with van der Waals surface area (Å²) >= 11 is 0. The van der Waals surface area contributed by atoms with Gasteiger partial charge in [-0.2, -0.15) is 0 Å². The highest BCUT2D eigenvalue weighted by atomic mass is 15.1. The van der Waals surface area contributed by atoms with Gasteiger partial charge in [0.2, 0.25) is 0 Å². The smallest absolute Gasteiger partial charge is 0.0996 e. The molecular formula is C16H27N3. The van der Waals surface area contributed by atoms with Gasteiger partial charge < -0.3 is 11.1 Å². The van der Waals surface area contributed by atoms with Crippen LogP contribution in [0.5, 0.6) is 0 Å². The topological polar surface area (TPSA) is 50.4 Å². The lowest BCUT2D eigenvalue weighted by Crippen LogP contribution is -2.26. The molecular weight excluding hydrogens is 234 g/mol. The summed E-state index contributed by atoms with van der Waals surface area (Å²) in [5, 5.41) is 3.33. The summed E-state index contributed by atoms with van der Waals surface area (Å²) in [6, 6.07) is 4.32. The molecule has 0 saturated carbocycles. The lowest BCUT2D eigenvalue weighted by Gasteiger charge is -2.15. The second kappa shape index (κ2) is 7.17. The van der Waals surface area contributed by atoms with Crippen molar-refractivity contribution < 1.29 is 0 Å². The molecule has 0 saturated heterocycles. The SMILES string of the molecule is CC.Cc1cc(C)c(N)c(CC(C)C2=NCCN2)c1. The van der Waals surface area contributed by atoms with Crippen LogP contribution in [0.2, 0.25) is 0 Å². The van der Waals surface area contributed by atoms with Gasteiger partial charge in [0.05, 0.1) is 12.4 Å². The number of hydrogen-bond donors (Lipinski definition) is 2. The first-order valence-corrected chi connectivity index (χ1v) is 7.21. The van der Waals surface area contributed by atoms with E-state index in [1.54, 1.807) is 0 Å². The quantitative estimate of drug-likeness (QED) is 0.821. The Hall–Kier alpha value is -1.51. The van der Waals surface area contributed by atoms with E-state index in [2.05, 4.69) is 43.2 Å².